The molecule has 1 unspecified atom stereocenters. The summed E-state index contributed by atoms with van der Waals surface area (Å²) in [5.41, 5.74) is 1.29. The van der Waals surface area contributed by atoms with Gasteiger partial charge < -0.3 is 10.1 Å². The highest BCUT2D eigenvalue weighted by molar-refractivity contribution is 5.00. The molecule has 0 spiro atoms. The van der Waals surface area contributed by atoms with Crippen LogP contribution in [0.1, 0.15) is 45.7 Å². The van der Waals surface area contributed by atoms with Crippen molar-refractivity contribution in [2.75, 3.05) is 6.54 Å². The fourth-order valence-electron chi connectivity index (χ4n) is 2.47. The number of hydrogen-bond acceptors (Lipinski definition) is 3. The average Bonchev–Trinajstić information content (AvgIpc) is 2.87. The Hall–Kier alpha value is -0.870. The summed E-state index contributed by atoms with van der Waals surface area (Å²) < 4.78 is 8.10. The Morgan fingerprint density at radius 1 is 1.56 bits per heavy atom. The maximum atomic E-state index is 6.02. The zero-order chi connectivity index (χ0) is 13.0. The molecule has 1 fully saturated rings. The molecule has 0 saturated carbocycles. The van der Waals surface area contributed by atoms with Gasteiger partial charge in [-0.05, 0) is 45.7 Å². The summed E-state index contributed by atoms with van der Waals surface area (Å²) in [7, 11) is 0. The number of rotatable bonds is 6. The summed E-state index contributed by atoms with van der Waals surface area (Å²) in [5.74, 6) is 0. The minimum absolute atomic E-state index is 0.0401. The van der Waals surface area contributed by atoms with Crippen LogP contribution in [0.15, 0.2) is 12.3 Å². The number of ether oxygens (including phenoxy) is 1. The molecule has 2 rings (SSSR count). The standard InChI is InChI=1S/C14H25N3O/c1-4-8-15-10-12-6-9-16-17(12)11-13-5-7-14(2,3)18-13/h6,9,13,15H,4-5,7-8,10-11H2,1-3H3. The van der Waals surface area contributed by atoms with Crippen molar-refractivity contribution >= 4 is 0 Å². The molecule has 0 amide bonds. The van der Waals surface area contributed by atoms with E-state index in [0.717, 1.165) is 38.9 Å². The molecule has 0 aromatic carbocycles. The van der Waals surface area contributed by atoms with Crippen LogP contribution in [-0.4, -0.2) is 28.0 Å². The molecule has 1 aromatic heterocycles. The van der Waals surface area contributed by atoms with E-state index in [1.807, 2.05) is 6.20 Å². The van der Waals surface area contributed by atoms with E-state index in [-0.39, 0.29) is 5.60 Å². The molecule has 1 aliphatic heterocycles. The van der Waals surface area contributed by atoms with Crippen molar-refractivity contribution in [3.8, 4) is 0 Å². The van der Waals surface area contributed by atoms with E-state index >= 15 is 0 Å². The zero-order valence-electron chi connectivity index (χ0n) is 11.8. The minimum atomic E-state index is 0.0401. The second kappa shape index (κ2) is 5.85. The lowest BCUT2D eigenvalue weighted by atomic mass is 10.1. The molecular weight excluding hydrogens is 226 g/mol. The first kappa shape index (κ1) is 13.6. The maximum absolute atomic E-state index is 6.02. The third kappa shape index (κ3) is 3.56. The summed E-state index contributed by atoms with van der Waals surface area (Å²) in [6, 6.07) is 2.09. The molecular formula is C14H25N3O. The van der Waals surface area contributed by atoms with E-state index in [2.05, 4.69) is 41.9 Å². The van der Waals surface area contributed by atoms with Crippen LogP contribution < -0.4 is 5.32 Å². The highest BCUT2D eigenvalue weighted by atomic mass is 16.5. The van der Waals surface area contributed by atoms with Gasteiger partial charge in [-0.2, -0.15) is 5.10 Å². The van der Waals surface area contributed by atoms with Gasteiger partial charge in [0.05, 0.1) is 23.9 Å². The van der Waals surface area contributed by atoms with Gasteiger partial charge in [0.15, 0.2) is 0 Å². The van der Waals surface area contributed by atoms with E-state index < -0.39 is 0 Å². The molecule has 0 bridgehead atoms. The van der Waals surface area contributed by atoms with E-state index in [1.54, 1.807) is 0 Å². The van der Waals surface area contributed by atoms with Crippen molar-refractivity contribution in [2.24, 2.45) is 0 Å². The van der Waals surface area contributed by atoms with Crippen molar-refractivity contribution in [2.45, 2.75) is 64.8 Å². The summed E-state index contributed by atoms with van der Waals surface area (Å²) in [6.07, 6.45) is 5.62. The van der Waals surface area contributed by atoms with Crippen LogP contribution in [0.25, 0.3) is 0 Å². The quantitative estimate of drug-likeness (QED) is 0.789. The van der Waals surface area contributed by atoms with Crippen LogP contribution in [0, 0.1) is 0 Å². The van der Waals surface area contributed by atoms with Gasteiger partial charge in [-0.3, -0.25) is 4.68 Å². The van der Waals surface area contributed by atoms with Crippen LogP contribution in [0.3, 0.4) is 0 Å². The van der Waals surface area contributed by atoms with Crippen LogP contribution in [-0.2, 0) is 17.8 Å². The maximum Gasteiger partial charge on any atom is 0.0779 e. The Balaban J connectivity index is 1.88. The Kier molecular flexibility index (Phi) is 4.40. The second-order valence-corrected chi connectivity index (χ2v) is 5.72. The molecule has 102 valence electrons. The topological polar surface area (TPSA) is 39.1 Å². The highest BCUT2D eigenvalue weighted by Crippen LogP contribution is 2.30. The normalized spacial score (nSPS) is 22.5. The van der Waals surface area contributed by atoms with Gasteiger partial charge in [-0.15, -0.1) is 0 Å². The van der Waals surface area contributed by atoms with Crippen molar-refractivity contribution in [3.63, 3.8) is 0 Å². The third-order valence-electron chi connectivity index (χ3n) is 3.47. The van der Waals surface area contributed by atoms with Crippen molar-refractivity contribution in [3.05, 3.63) is 18.0 Å². The molecule has 1 atom stereocenters. The predicted octanol–water partition coefficient (Wildman–Crippen LogP) is 2.34. The lowest BCUT2D eigenvalue weighted by molar-refractivity contribution is -0.0233. The van der Waals surface area contributed by atoms with Crippen molar-refractivity contribution in [1.29, 1.82) is 0 Å². The summed E-state index contributed by atoms with van der Waals surface area (Å²) in [5, 5.41) is 7.82. The molecule has 4 heteroatoms. The third-order valence-corrected chi connectivity index (χ3v) is 3.47. The number of nitrogens with zero attached hydrogens (tertiary/aromatic N) is 2. The number of aromatic nitrogens is 2. The first-order valence-corrected chi connectivity index (χ1v) is 7.00. The van der Waals surface area contributed by atoms with Crippen LogP contribution >= 0.6 is 0 Å². The summed E-state index contributed by atoms with van der Waals surface area (Å²) >= 11 is 0. The zero-order valence-corrected chi connectivity index (χ0v) is 11.8. The summed E-state index contributed by atoms with van der Waals surface area (Å²) in [6.45, 7) is 9.33. The van der Waals surface area contributed by atoms with E-state index in [4.69, 9.17) is 4.74 Å². The van der Waals surface area contributed by atoms with Gasteiger partial charge in [-0.25, -0.2) is 0 Å². The van der Waals surface area contributed by atoms with Gasteiger partial charge in [0.2, 0.25) is 0 Å². The molecule has 18 heavy (non-hydrogen) atoms. The minimum Gasteiger partial charge on any atom is -0.370 e. The Morgan fingerprint density at radius 3 is 3.06 bits per heavy atom. The molecule has 0 radical (unpaired) electrons. The van der Waals surface area contributed by atoms with E-state index in [1.165, 1.54) is 5.69 Å². The Bertz CT molecular complexity index is 373. The fourth-order valence-corrected chi connectivity index (χ4v) is 2.47. The molecule has 0 aliphatic carbocycles. The number of hydrogen-bond donors (Lipinski definition) is 1. The molecule has 1 saturated heterocycles. The first-order chi connectivity index (χ1) is 8.61. The largest absolute Gasteiger partial charge is 0.370 e. The van der Waals surface area contributed by atoms with Gasteiger partial charge in [0, 0.05) is 12.7 Å². The van der Waals surface area contributed by atoms with Gasteiger partial charge in [0.1, 0.15) is 0 Å². The van der Waals surface area contributed by atoms with E-state index in [0.29, 0.717) is 6.10 Å². The Labute approximate surface area is 110 Å². The molecule has 1 aliphatic rings. The van der Waals surface area contributed by atoms with Crippen LogP contribution in [0.2, 0.25) is 0 Å². The Morgan fingerprint density at radius 2 is 2.39 bits per heavy atom. The summed E-state index contributed by atoms with van der Waals surface area (Å²) in [4.78, 5) is 0. The van der Waals surface area contributed by atoms with Crippen LogP contribution in [0.5, 0.6) is 0 Å². The predicted molar refractivity (Wildman–Crippen MR) is 72.4 cm³/mol. The van der Waals surface area contributed by atoms with Crippen LogP contribution in [0.4, 0.5) is 0 Å². The van der Waals surface area contributed by atoms with Crippen molar-refractivity contribution < 1.29 is 4.74 Å². The molecule has 1 aromatic rings. The molecule has 1 N–H and O–H groups in total. The molecule has 4 nitrogen and oxygen atoms in total. The lowest BCUT2D eigenvalue weighted by Crippen LogP contribution is -2.25. The first-order valence-electron chi connectivity index (χ1n) is 7.00. The van der Waals surface area contributed by atoms with E-state index in [9.17, 15) is 0 Å². The molecule has 2 heterocycles. The SMILES string of the molecule is CCCNCc1ccnn1CC1CCC(C)(C)O1. The van der Waals surface area contributed by atoms with Crippen molar-refractivity contribution in [1.82, 2.24) is 15.1 Å². The van der Waals surface area contributed by atoms with Gasteiger partial charge >= 0.3 is 0 Å². The van der Waals surface area contributed by atoms with Gasteiger partial charge in [0.25, 0.3) is 0 Å². The fraction of sp³-hybridized carbons (Fsp3) is 0.786. The average molecular weight is 251 g/mol. The van der Waals surface area contributed by atoms with Gasteiger partial charge in [-0.1, -0.05) is 6.92 Å². The highest BCUT2D eigenvalue weighted by Gasteiger charge is 2.32. The monoisotopic (exact) mass is 251 g/mol. The second-order valence-electron chi connectivity index (χ2n) is 5.72. The lowest BCUT2D eigenvalue weighted by Gasteiger charge is -2.20. The number of nitrogens with one attached hydrogen (secondary N) is 1. The smallest absolute Gasteiger partial charge is 0.0779 e.